The molecule has 0 saturated heterocycles. The number of ether oxygens (including phenoxy) is 1. The topological polar surface area (TPSA) is 63.6 Å². The Morgan fingerprint density at radius 3 is 2.04 bits per heavy atom. The number of methoxy groups -OCH3 is 1. The van der Waals surface area contributed by atoms with Crippen LogP contribution in [0.4, 0.5) is 13.2 Å². The third kappa shape index (κ3) is 3.50. The van der Waals surface area contributed by atoms with Crippen molar-refractivity contribution in [3.63, 3.8) is 0 Å². The molecule has 2 rings (SSSR count). The van der Waals surface area contributed by atoms with Gasteiger partial charge >= 0.3 is 18.1 Å². The fourth-order valence-corrected chi connectivity index (χ4v) is 2.07. The highest BCUT2D eigenvalue weighted by Crippen LogP contribution is 2.37. The zero-order valence-corrected chi connectivity index (χ0v) is 11.8. The Morgan fingerprint density at radius 1 is 1.00 bits per heavy atom. The van der Waals surface area contributed by atoms with Crippen LogP contribution in [0.5, 0.6) is 0 Å². The van der Waals surface area contributed by atoms with E-state index < -0.39 is 29.2 Å². The first kappa shape index (κ1) is 16.5. The SMILES string of the molecule is COC(=O)c1ccc(-c2ccc(C(=O)O)cc2C(F)(F)F)cc1. The number of carboxylic acid groups (broad SMARTS) is 1. The number of hydrogen-bond donors (Lipinski definition) is 1. The van der Waals surface area contributed by atoms with Crippen LogP contribution in [0.3, 0.4) is 0 Å². The van der Waals surface area contributed by atoms with E-state index >= 15 is 0 Å². The molecule has 0 radical (unpaired) electrons. The Bertz CT molecular complexity index is 749. The second-order valence-corrected chi connectivity index (χ2v) is 4.63. The number of carboxylic acids is 1. The molecule has 2 aromatic carbocycles. The van der Waals surface area contributed by atoms with Gasteiger partial charge in [-0.25, -0.2) is 9.59 Å². The lowest BCUT2D eigenvalue weighted by molar-refractivity contribution is -0.137. The van der Waals surface area contributed by atoms with Gasteiger partial charge in [-0.15, -0.1) is 0 Å². The lowest BCUT2D eigenvalue weighted by Gasteiger charge is -2.14. The minimum atomic E-state index is -4.71. The van der Waals surface area contributed by atoms with Gasteiger partial charge in [-0.2, -0.15) is 13.2 Å². The van der Waals surface area contributed by atoms with E-state index in [1.165, 1.54) is 31.4 Å². The average molecular weight is 324 g/mol. The van der Waals surface area contributed by atoms with Crippen molar-refractivity contribution in [2.45, 2.75) is 6.18 Å². The second kappa shape index (κ2) is 6.12. The van der Waals surface area contributed by atoms with Gasteiger partial charge < -0.3 is 9.84 Å². The van der Waals surface area contributed by atoms with Gasteiger partial charge in [0, 0.05) is 0 Å². The molecular formula is C16H11F3O4. The van der Waals surface area contributed by atoms with Crippen molar-refractivity contribution in [2.75, 3.05) is 7.11 Å². The smallest absolute Gasteiger partial charge is 0.417 e. The number of halogens is 3. The number of esters is 1. The quantitative estimate of drug-likeness (QED) is 0.871. The van der Waals surface area contributed by atoms with Crippen LogP contribution in [0.2, 0.25) is 0 Å². The standard InChI is InChI=1S/C16H11F3O4/c1-23-15(22)10-4-2-9(3-5-10)12-7-6-11(14(20)21)8-13(12)16(17,18)19/h2-8H,1H3,(H,20,21). The van der Waals surface area contributed by atoms with E-state index in [1.807, 2.05) is 0 Å². The van der Waals surface area contributed by atoms with Crippen molar-refractivity contribution >= 4 is 11.9 Å². The van der Waals surface area contributed by atoms with Crippen LogP contribution in [0.15, 0.2) is 42.5 Å². The van der Waals surface area contributed by atoms with E-state index in [2.05, 4.69) is 4.74 Å². The summed E-state index contributed by atoms with van der Waals surface area (Å²) >= 11 is 0. The maximum absolute atomic E-state index is 13.2. The van der Waals surface area contributed by atoms with Gasteiger partial charge in [0.1, 0.15) is 0 Å². The van der Waals surface area contributed by atoms with Crippen molar-refractivity contribution in [3.8, 4) is 11.1 Å². The lowest BCUT2D eigenvalue weighted by Crippen LogP contribution is -2.10. The Labute approximate surface area is 129 Å². The Hall–Kier alpha value is -2.83. The number of aromatic carboxylic acids is 1. The predicted octanol–water partition coefficient (Wildman–Crippen LogP) is 3.86. The number of carbonyl (C=O) groups excluding carboxylic acids is 1. The van der Waals surface area contributed by atoms with Gasteiger partial charge in [0.15, 0.2) is 0 Å². The molecule has 0 saturated carbocycles. The highest BCUT2D eigenvalue weighted by molar-refractivity contribution is 5.91. The summed E-state index contributed by atoms with van der Waals surface area (Å²) in [4.78, 5) is 22.2. The van der Waals surface area contributed by atoms with Crippen molar-refractivity contribution < 1.29 is 32.6 Å². The van der Waals surface area contributed by atoms with Crippen molar-refractivity contribution in [1.82, 2.24) is 0 Å². The highest BCUT2D eigenvalue weighted by Gasteiger charge is 2.34. The van der Waals surface area contributed by atoms with E-state index in [1.54, 1.807) is 0 Å². The molecule has 0 heterocycles. The molecule has 0 spiro atoms. The molecule has 0 aromatic heterocycles. The normalized spacial score (nSPS) is 11.1. The minimum Gasteiger partial charge on any atom is -0.478 e. The van der Waals surface area contributed by atoms with Crippen LogP contribution in [-0.4, -0.2) is 24.2 Å². The summed E-state index contributed by atoms with van der Waals surface area (Å²) in [5.74, 6) is -2.04. The summed E-state index contributed by atoms with van der Waals surface area (Å²) in [5.41, 5.74) is -1.26. The van der Waals surface area contributed by atoms with Crippen LogP contribution < -0.4 is 0 Å². The summed E-state index contributed by atoms with van der Waals surface area (Å²) in [7, 11) is 1.20. The first-order chi connectivity index (χ1) is 10.7. The monoisotopic (exact) mass is 324 g/mol. The highest BCUT2D eigenvalue weighted by atomic mass is 19.4. The third-order valence-corrected chi connectivity index (χ3v) is 3.19. The molecule has 0 atom stereocenters. The zero-order chi connectivity index (χ0) is 17.2. The molecule has 23 heavy (non-hydrogen) atoms. The van der Waals surface area contributed by atoms with Crippen LogP contribution in [0.1, 0.15) is 26.3 Å². The number of carbonyl (C=O) groups is 2. The van der Waals surface area contributed by atoms with E-state index in [-0.39, 0.29) is 16.7 Å². The van der Waals surface area contributed by atoms with E-state index in [0.29, 0.717) is 6.07 Å². The van der Waals surface area contributed by atoms with Crippen molar-refractivity contribution in [1.29, 1.82) is 0 Å². The molecular weight excluding hydrogens is 313 g/mol. The largest absolute Gasteiger partial charge is 0.478 e. The van der Waals surface area contributed by atoms with Gasteiger partial charge in [0.25, 0.3) is 0 Å². The van der Waals surface area contributed by atoms with Crippen LogP contribution in [-0.2, 0) is 10.9 Å². The average Bonchev–Trinajstić information content (AvgIpc) is 2.52. The molecule has 0 aliphatic rings. The molecule has 0 unspecified atom stereocenters. The lowest BCUT2D eigenvalue weighted by atomic mass is 9.96. The van der Waals surface area contributed by atoms with Crippen LogP contribution >= 0.6 is 0 Å². The molecule has 0 amide bonds. The first-order valence-electron chi connectivity index (χ1n) is 6.37. The molecule has 2 aromatic rings. The maximum Gasteiger partial charge on any atom is 0.417 e. The first-order valence-corrected chi connectivity index (χ1v) is 6.37. The summed E-state index contributed by atoms with van der Waals surface area (Å²) < 4.78 is 44.0. The minimum absolute atomic E-state index is 0.168. The Balaban J connectivity index is 2.54. The summed E-state index contributed by atoms with van der Waals surface area (Å²) in [6.45, 7) is 0. The third-order valence-electron chi connectivity index (χ3n) is 3.19. The Morgan fingerprint density at radius 2 is 1.57 bits per heavy atom. The van der Waals surface area contributed by atoms with Crippen molar-refractivity contribution in [3.05, 3.63) is 59.2 Å². The van der Waals surface area contributed by atoms with Crippen molar-refractivity contribution in [2.24, 2.45) is 0 Å². The van der Waals surface area contributed by atoms with E-state index in [9.17, 15) is 22.8 Å². The molecule has 1 N–H and O–H groups in total. The second-order valence-electron chi connectivity index (χ2n) is 4.63. The Kier molecular flexibility index (Phi) is 4.40. The number of hydrogen-bond acceptors (Lipinski definition) is 3. The molecule has 120 valence electrons. The van der Waals surface area contributed by atoms with E-state index in [0.717, 1.165) is 12.1 Å². The number of rotatable bonds is 3. The van der Waals surface area contributed by atoms with Crippen LogP contribution in [0, 0.1) is 0 Å². The molecule has 0 bridgehead atoms. The van der Waals surface area contributed by atoms with Gasteiger partial charge in [-0.1, -0.05) is 18.2 Å². The van der Waals surface area contributed by atoms with E-state index in [4.69, 9.17) is 5.11 Å². The predicted molar refractivity (Wildman–Crippen MR) is 75.2 cm³/mol. The summed E-state index contributed by atoms with van der Waals surface area (Å²) in [6, 6.07) is 8.15. The summed E-state index contributed by atoms with van der Waals surface area (Å²) in [5, 5.41) is 8.84. The van der Waals surface area contributed by atoms with Gasteiger partial charge in [0.2, 0.25) is 0 Å². The maximum atomic E-state index is 13.2. The van der Waals surface area contributed by atoms with Gasteiger partial charge in [-0.3, -0.25) is 0 Å². The fourth-order valence-electron chi connectivity index (χ4n) is 2.07. The molecule has 0 fully saturated rings. The molecule has 0 aliphatic heterocycles. The van der Waals surface area contributed by atoms with Gasteiger partial charge in [0.05, 0.1) is 23.8 Å². The summed E-state index contributed by atoms with van der Waals surface area (Å²) in [6.07, 6.45) is -4.71. The fraction of sp³-hybridized carbons (Fsp3) is 0.125. The number of alkyl halides is 3. The number of benzene rings is 2. The van der Waals surface area contributed by atoms with Crippen LogP contribution in [0.25, 0.3) is 11.1 Å². The van der Waals surface area contributed by atoms with Gasteiger partial charge in [-0.05, 0) is 35.4 Å². The zero-order valence-electron chi connectivity index (χ0n) is 11.8. The molecule has 0 aliphatic carbocycles. The molecule has 7 heteroatoms. The molecule has 4 nitrogen and oxygen atoms in total.